The lowest BCUT2D eigenvalue weighted by Gasteiger charge is -2.38. The summed E-state index contributed by atoms with van der Waals surface area (Å²) in [4.78, 5) is 2.70. The number of hydrogen-bond donors (Lipinski definition) is 1. The molecular formula is C16H32N2O. The molecule has 1 saturated carbocycles. The lowest BCUT2D eigenvalue weighted by atomic mass is 9.83. The van der Waals surface area contributed by atoms with Crippen LogP contribution in [0.3, 0.4) is 0 Å². The van der Waals surface area contributed by atoms with E-state index >= 15 is 0 Å². The zero-order valence-electron chi connectivity index (χ0n) is 12.9. The summed E-state index contributed by atoms with van der Waals surface area (Å²) in [6.07, 6.45) is 8.32. The number of ether oxygens (including phenoxy) is 1. The molecule has 2 aliphatic rings. The smallest absolute Gasteiger partial charge is 0.0491 e. The minimum atomic E-state index is 0.774. The fourth-order valence-electron chi connectivity index (χ4n) is 3.86. The number of piperidine rings is 1. The van der Waals surface area contributed by atoms with Crippen molar-refractivity contribution in [2.75, 3.05) is 39.9 Å². The molecule has 0 aromatic heterocycles. The molecule has 0 spiro atoms. The van der Waals surface area contributed by atoms with Crippen LogP contribution < -0.4 is 5.32 Å². The maximum Gasteiger partial charge on any atom is 0.0491 e. The van der Waals surface area contributed by atoms with Gasteiger partial charge in [-0.1, -0.05) is 19.8 Å². The van der Waals surface area contributed by atoms with Crippen LogP contribution in [0.15, 0.2) is 0 Å². The third-order valence-electron chi connectivity index (χ3n) is 4.98. The summed E-state index contributed by atoms with van der Waals surface area (Å²) < 4.78 is 5.29. The van der Waals surface area contributed by atoms with Gasteiger partial charge in [0.05, 0.1) is 0 Å². The first-order valence-electron chi connectivity index (χ1n) is 8.28. The Morgan fingerprint density at radius 1 is 1.11 bits per heavy atom. The zero-order valence-corrected chi connectivity index (χ0v) is 12.9. The predicted molar refractivity (Wildman–Crippen MR) is 80.5 cm³/mol. The molecule has 0 aromatic carbocycles. The first-order valence-corrected chi connectivity index (χ1v) is 8.28. The first kappa shape index (κ1) is 15.3. The number of hydrogen-bond acceptors (Lipinski definition) is 3. The van der Waals surface area contributed by atoms with Crippen molar-refractivity contribution in [1.82, 2.24) is 10.2 Å². The molecule has 0 aromatic rings. The number of nitrogens with zero attached hydrogens (tertiary/aromatic N) is 1. The summed E-state index contributed by atoms with van der Waals surface area (Å²) in [5.74, 6) is 1.69. The van der Waals surface area contributed by atoms with Gasteiger partial charge in [-0.25, -0.2) is 0 Å². The summed E-state index contributed by atoms with van der Waals surface area (Å²) in [5, 5.41) is 3.71. The Bertz CT molecular complexity index is 237. The molecule has 112 valence electrons. The van der Waals surface area contributed by atoms with Gasteiger partial charge >= 0.3 is 0 Å². The minimum Gasteiger partial charge on any atom is -0.384 e. The van der Waals surface area contributed by atoms with E-state index in [9.17, 15) is 0 Å². The van der Waals surface area contributed by atoms with Crippen molar-refractivity contribution in [3.05, 3.63) is 0 Å². The molecule has 0 amide bonds. The van der Waals surface area contributed by atoms with Gasteiger partial charge in [-0.3, -0.25) is 0 Å². The quantitative estimate of drug-likeness (QED) is 0.801. The van der Waals surface area contributed by atoms with Gasteiger partial charge in [0.2, 0.25) is 0 Å². The van der Waals surface area contributed by atoms with Crippen LogP contribution in [-0.4, -0.2) is 50.8 Å². The van der Waals surface area contributed by atoms with Crippen LogP contribution in [0.2, 0.25) is 0 Å². The molecule has 3 heteroatoms. The molecule has 1 aliphatic carbocycles. The normalized spacial score (nSPS) is 30.6. The Morgan fingerprint density at radius 2 is 1.84 bits per heavy atom. The molecule has 2 atom stereocenters. The van der Waals surface area contributed by atoms with Crippen LogP contribution in [0, 0.1) is 11.8 Å². The van der Waals surface area contributed by atoms with Crippen LogP contribution in [0.4, 0.5) is 0 Å². The molecule has 2 rings (SSSR count). The van der Waals surface area contributed by atoms with E-state index < -0.39 is 0 Å². The highest BCUT2D eigenvalue weighted by atomic mass is 16.5. The maximum atomic E-state index is 5.29. The molecule has 0 radical (unpaired) electrons. The van der Waals surface area contributed by atoms with E-state index in [1.807, 2.05) is 7.11 Å². The summed E-state index contributed by atoms with van der Waals surface area (Å²) >= 11 is 0. The van der Waals surface area contributed by atoms with Gasteiger partial charge in [-0.15, -0.1) is 0 Å². The van der Waals surface area contributed by atoms with E-state index in [0.717, 1.165) is 31.0 Å². The van der Waals surface area contributed by atoms with E-state index in [1.165, 1.54) is 58.2 Å². The molecule has 1 N–H and O–H groups in total. The van der Waals surface area contributed by atoms with Crippen molar-refractivity contribution in [2.24, 2.45) is 11.8 Å². The number of likely N-dealkylation sites (tertiary alicyclic amines) is 1. The molecule has 19 heavy (non-hydrogen) atoms. The Kier molecular flexibility index (Phi) is 6.62. The molecule has 1 aliphatic heterocycles. The third-order valence-corrected chi connectivity index (χ3v) is 4.98. The van der Waals surface area contributed by atoms with E-state index in [4.69, 9.17) is 4.74 Å². The summed E-state index contributed by atoms with van der Waals surface area (Å²) in [6, 6.07) is 0.774. The Hall–Kier alpha value is -0.120. The Labute approximate surface area is 119 Å². The summed E-state index contributed by atoms with van der Waals surface area (Å²) in [5.41, 5.74) is 0. The monoisotopic (exact) mass is 268 g/mol. The van der Waals surface area contributed by atoms with Crippen molar-refractivity contribution in [2.45, 2.75) is 51.5 Å². The first-order chi connectivity index (χ1) is 9.33. The van der Waals surface area contributed by atoms with Crippen molar-refractivity contribution in [3.8, 4) is 0 Å². The van der Waals surface area contributed by atoms with Crippen LogP contribution in [0.5, 0.6) is 0 Å². The average Bonchev–Trinajstić information content (AvgIpc) is 2.44. The van der Waals surface area contributed by atoms with Gasteiger partial charge in [-0.05, 0) is 57.2 Å². The third kappa shape index (κ3) is 4.73. The van der Waals surface area contributed by atoms with E-state index in [0.29, 0.717) is 0 Å². The highest BCUT2D eigenvalue weighted by Gasteiger charge is 2.28. The van der Waals surface area contributed by atoms with Gasteiger partial charge in [0, 0.05) is 26.3 Å². The topological polar surface area (TPSA) is 24.5 Å². The fraction of sp³-hybridized carbons (Fsp3) is 1.00. The fourth-order valence-corrected chi connectivity index (χ4v) is 3.86. The molecule has 1 heterocycles. The van der Waals surface area contributed by atoms with E-state index in [1.54, 1.807) is 0 Å². The van der Waals surface area contributed by atoms with Crippen molar-refractivity contribution in [3.63, 3.8) is 0 Å². The van der Waals surface area contributed by atoms with Crippen molar-refractivity contribution in [1.29, 1.82) is 0 Å². The number of nitrogens with one attached hydrogen (secondary N) is 1. The second kappa shape index (κ2) is 8.23. The van der Waals surface area contributed by atoms with Gasteiger partial charge in [0.15, 0.2) is 0 Å². The Morgan fingerprint density at radius 3 is 2.53 bits per heavy atom. The maximum absolute atomic E-state index is 5.29. The van der Waals surface area contributed by atoms with Crippen LogP contribution >= 0.6 is 0 Å². The number of methoxy groups -OCH3 is 1. The molecule has 1 saturated heterocycles. The highest BCUT2D eigenvalue weighted by molar-refractivity contribution is 4.84. The highest BCUT2D eigenvalue weighted by Crippen LogP contribution is 2.27. The van der Waals surface area contributed by atoms with Crippen molar-refractivity contribution >= 4 is 0 Å². The van der Waals surface area contributed by atoms with Gasteiger partial charge in [0.1, 0.15) is 0 Å². The van der Waals surface area contributed by atoms with Crippen LogP contribution in [0.1, 0.15) is 45.4 Å². The number of rotatable bonds is 6. The average molecular weight is 268 g/mol. The van der Waals surface area contributed by atoms with Gasteiger partial charge in [-0.2, -0.15) is 0 Å². The molecule has 0 bridgehead atoms. The molecular weight excluding hydrogens is 236 g/mol. The predicted octanol–water partition coefficient (Wildman–Crippen LogP) is 2.51. The summed E-state index contributed by atoms with van der Waals surface area (Å²) in [7, 11) is 1.83. The second-order valence-corrected chi connectivity index (χ2v) is 6.41. The largest absolute Gasteiger partial charge is 0.384 e. The van der Waals surface area contributed by atoms with Gasteiger partial charge < -0.3 is 15.0 Å². The summed E-state index contributed by atoms with van der Waals surface area (Å²) in [6.45, 7) is 8.19. The SMILES string of the molecule is CCNC1CCCCC1CN1CCC(COC)CC1. The van der Waals surface area contributed by atoms with Crippen molar-refractivity contribution < 1.29 is 4.74 Å². The second-order valence-electron chi connectivity index (χ2n) is 6.41. The zero-order chi connectivity index (χ0) is 13.5. The van der Waals surface area contributed by atoms with Gasteiger partial charge in [0.25, 0.3) is 0 Å². The lowest BCUT2D eigenvalue weighted by Crippen LogP contribution is -2.46. The van der Waals surface area contributed by atoms with E-state index in [2.05, 4.69) is 17.1 Å². The Balaban J connectivity index is 1.74. The minimum absolute atomic E-state index is 0.774. The molecule has 2 unspecified atom stereocenters. The van der Waals surface area contributed by atoms with E-state index in [-0.39, 0.29) is 0 Å². The van der Waals surface area contributed by atoms with Crippen LogP contribution in [0.25, 0.3) is 0 Å². The lowest BCUT2D eigenvalue weighted by molar-refractivity contribution is 0.0834. The standard InChI is InChI=1S/C16H32N2O/c1-3-17-16-7-5-4-6-15(16)12-18-10-8-14(9-11-18)13-19-2/h14-17H,3-13H2,1-2H3. The molecule has 2 fully saturated rings. The van der Waals surface area contributed by atoms with Crippen LogP contribution in [-0.2, 0) is 4.74 Å². The molecule has 3 nitrogen and oxygen atoms in total.